The third-order valence-corrected chi connectivity index (χ3v) is 3.61. The first kappa shape index (κ1) is 15.5. The predicted octanol–water partition coefficient (Wildman–Crippen LogP) is 4.17. The van der Waals surface area contributed by atoms with Crippen LogP contribution < -0.4 is 10.1 Å². The SMILES string of the molecule is COc1ccc(CCC(=O)Nc2ccc(F)c(Br)c2)cc1. The van der Waals surface area contributed by atoms with Crippen LogP contribution in [0.2, 0.25) is 0 Å². The predicted molar refractivity (Wildman–Crippen MR) is 84.0 cm³/mol. The van der Waals surface area contributed by atoms with Crippen molar-refractivity contribution in [3.8, 4) is 5.75 Å². The summed E-state index contributed by atoms with van der Waals surface area (Å²) in [6.07, 6.45) is 1.000. The first-order chi connectivity index (χ1) is 10.1. The summed E-state index contributed by atoms with van der Waals surface area (Å²) >= 11 is 3.09. The molecule has 0 aliphatic heterocycles. The number of hydrogen-bond acceptors (Lipinski definition) is 2. The van der Waals surface area contributed by atoms with Crippen molar-refractivity contribution in [2.75, 3.05) is 12.4 Å². The van der Waals surface area contributed by atoms with E-state index in [0.29, 0.717) is 23.0 Å². The second kappa shape index (κ2) is 7.22. The largest absolute Gasteiger partial charge is 0.497 e. The number of carbonyl (C=O) groups excluding carboxylic acids is 1. The maximum Gasteiger partial charge on any atom is 0.224 e. The van der Waals surface area contributed by atoms with Crippen molar-refractivity contribution >= 4 is 27.5 Å². The van der Waals surface area contributed by atoms with Crippen LogP contribution in [-0.4, -0.2) is 13.0 Å². The smallest absolute Gasteiger partial charge is 0.224 e. The number of hydrogen-bond donors (Lipinski definition) is 1. The summed E-state index contributed by atoms with van der Waals surface area (Å²) in [5.74, 6) is 0.329. The van der Waals surface area contributed by atoms with Gasteiger partial charge in [-0.1, -0.05) is 12.1 Å². The highest BCUT2D eigenvalue weighted by molar-refractivity contribution is 9.10. The molecule has 0 saturated carbocycles. The maximum absolute atomic E-state index is 13.1. The molecule has 1 amide bonds. The van der Waals surface area contributed by atoms with Gasteiger partial charge in [0.25, 0.3) is 0 Å². The summed E-state index contributed by atoms with van der Waals surface area (Å²) in [7, 11) is 1.61. The number of rotatable bonds is 5. The van der Waals surface area contributed by atoms with Gasteiger partial charge in [0.15, 0.2) is 0 Å². The van der Waals surface area contributed by atoms with Crippen molar-refractivity contribution in [2.24, 2.45) is 0 Å². The fourth-order valence-electron chi connectivity index (χ4n) is 1.85. The third kappa shape index (κ3) is 4.56. The molecule has 21 heavy (non-hydrogen) atoms. The van der Waals surface area contributed by atoms with Crippen molar-refractivity contribution in [3.05, 3.63) is 58.3 Å². The van der Waals surface area contributed by atoms with Crippen molar-refractivity contribution in [3.63, 3.8) is 0 Å². The Hall–Kier alpha value is -1.88. The average molecular weight is 352 g/mol. The second-order valence-electron chi connectivity index (χ2n) is 4.53. The summed E-state index contributed by atoms with van der Waals surface area (Å²) in [6, 6.07) is 12.0. The molecule has 2 rings (SSSR count). The van der Waals surface area contributed by atoms with Crippen LogP contribution in [0.3, 0.4) is 0 Å². The van der Waals surface area contributed by atoms with Crippen LogP contribution in [0, 0.1) is 5.82 Å². The lowest BCUT2D eigenvalue weighted by molar-refractivity contribution is -0.116. The fraction of sp³-hybridized carbons (Fsp3) is 0.188. The molecule has 0 saturated heterocycles. The first-order valence-corrected chi connectivity index (χ1v) is 7.25. The van der Waals surface area contributed by atoms with E-state index in [9.17, 15) is 9.18 Å². The van der Waals surface area contributed by atoms with E-state index in [0.717, 1.165) is 11.3 Å². The summed E-state index contributed by atoms with van der Waals surface area (Å²) < 4.78 is 18.5. The molecule has 0 aromatic heterocycles. The molecule has 0 radical (unpaired) electrons. The van der Waals surface area contributed by atoms with Crippen LogP contribution in [0.15, 0.2) is 46.9 Å². The fourth-order valence-corrected chi connectivity index (χ4v) is 2.23. The van der Waals surface area contributed by atoms with Crippen LogP contribution in [0.5, 0.6) is 5.75 Å². The Bertz CT molecular complexity index is 629. The lowest BCUT2D eigenvalue weighted by atomic mass is 10.1. The lowest BCUT2D eigenvalue weighted by Gasteiger charge is -2.07. The Morgan fingerprint density at radius 2 is 1.95 bits per heavy atom. The zero-order chi connectivity index (χ0) is 15.2. The number of halogens is 2. The van der Waals surface area contributed by atoms with E-state index < -0.39 is 0 Å². The molecule has 2 aromatic rings. The quantitative estimate of drug-likeness (QED) is 0.877. The molecule has 5 heteroatoms. The van der Waals surface area contributed by atoms with Gasteiger partial charge < -0.3 is 10.1 Å². The van der Waals surface area contributed by atoms with E-state index in [4.69, 9.17) is 4.74 Å². The third-order valence-electron chi connectivity index (χ3n) is 3.00. The number of carbonyl (C=O) groups is 1. The minimum absolute atomic E-state index is 0.107. The Morgan fingerprint density at radius 1 is 1.24 bits per heavy atom. The molecule has 0 unspecified atom stereocenters. The van der Waals surface area contributed by atoms with Crippen LogP contribution in [0.25, 0.3) is 0 Å². The van der Waals surface area contributed by atoms with Crippen molar-refractivity contribution in [2.45, 2.75) is 12.8 Å². The number of amides is 1. The summed E-state index contributed by atoms with van der Waals surface area (Å²) in [5.41, 5.74) is 1.63. The minimum atomic E-state index is -0.355. The number of methoxy groups -OCH3 is 1. The van der Waals surface area contributed by atoms with Crippen LogP contribution in [0.4, 0.5) is 10.1 Å². The van der Waals surface area contributed by atoms with Crippen LogP contribution in [-0.2, 0) is 11.2 Å². The molecule has 0 aliphatic carbocycles. The molecule has 0 bridgehead atoms. The molecule has 0 heterocycles. The van der Waals surface area contributed by atoms with E-state index in [1.54, 1.807) is 13.2 Å². The van der Waals surface area contributed by atoms with Gasteiger partial charge in [-0.25, -0.2) is 4.39 Å². The molecule has 110 valence electrons. The lowest BCUT2D eigenvalue weighted by Crippen LogP contribution is -2.12. The van der Waals surface area contributed by atoms with Crippen LogP contribution >= 0.6 is 15.9 Å². The highest BCUT2D eigenvalue weighted by atomic mass is 79.9. The van der Waals surface area contributed by atoms with Gasteiger partial charge in [0, 0.05) is 12.1 Å². The van der Waals surface area contributed by atoms with Crippen LogP contribution in [0.1, 0.15) is 12.0 Å². The molecule has 3 nitrogen and oxygen atoms in total. The van der Waals surface area contributed by atoms with Crippen molar-refractivity contribution in [1.29, 1.82) is 0 Å². The van der Waals surface area contributed by atoms with Gasteiger partial charge in [-0.05, 0) is 58.2 Å². The molecule has 0 spiro atoms. The standard InChI is InChI=1S/C16H15BrFNO2/c1-21-13-6-2-11(3-7-13)4-9-16(20)19-12-5-8-15(18)14(17)10-12/h2-3,5-8,10H,4,9H2,1H3,(H,19,20). The zero-order valence-electron chi connectivity index (χ0n) is 11.5. The minimum Gasteiger partial charge on any atom is -0.497 e. The molecule has 0 aliphatic rings. The average Bonchev–Trinajstić information content (AvgIpc) is 2.49. The molecular formula is C16H15BrFNO2. The summed E-state index contributed by atoms with van der Waals surface area (Å²) in [4.78, 5) is 11.9. The molecule has 2 aromatic carbocycles. The van der Waals surface area contributed by atoms with Gasteiger partial charge in [0.1, 0.15) is 11.6 Å². The summed E-state index contributed by atoms with van der Waals surface area (Å²) in [6.45, 7) is 0. The number of ether oxygens (including phenoxy) is 1. The van der Waals surface area contributed by atoms with Gasteiger partial charge in [-0.2, -0.15) is 0 Å². The number of nitrogens with one attached hydrogen (secondary N) is 1. The number of benzene rings is 2. The Kier molecular flexibility index (Phi) is 5.33. The highest BCUT2D eigenvalue weighted by Crippen LogP contribution is 2.20. The molecule has 0 fully saturated rings. The van der Waals surface area contributed by atoms with Crippen molar-refractivity contribution in [1.82, 2.24) is 0 Å². The Labute approximate surface area is 131 Å². The summed E-state index contributed by atoms with van der Waals surface area (Å²) in [5, 5.41) is 2.74. The van der Waals surface area contributed by atoms with Gasteiger partial charge in [-0.15, -0.1) is 0 Å². The molecule has 1 N–H and O–H groups in total. The maximum atomic E-state index is 13.1. The van der Waals surface area contributed by atoms with E-state index in [1.165, 1.54) is 12.1 Å². The second-order valence-corrected chi connectivity index (χ2v) is 5.38. The monoisotopic (exact) mass is 351 g/mol. The van der Waals surface area contributed by atoms with E-state index in [1.807, 2.05) is 24.3 Å². The normalized spacial score (nSPS) is 10.2. The van der Waals surface area contributed by atoms with Crippen molar-refractivity contribution < 1.29 is 13.9 Å². The molecular weight excluding hydrogens is 337 g/mol. The van der Waals surface area contributed by atoms with E-state index in [-0.39, 0.29) is 11.7 Å². The van der Waals surface area contributed by atoms with E-state index in [2.05, 4.69) is 21.2 Å². The topological polar surface area (TPSA) is 38.3 Å². The van der Waals surface area contributed by atoms with Gasteiger partial charge >= 0.3 is 0 Å². The van der Waals surface area contributed by atoms with E-state index >= 15 is 0 Å². The number of anilines is 1. The van der Waals surface area contributed by atoms with Gasteiger partial charge in [0.05, 0.1) is 11.6 Å². The van der Waals surface area contributed by atoms with Gasteiger partial charge in [0.2, 0.25) is 5.91 Å². The molecule has 0 atom stereocenters. The Balaban J connectivity index is 1.87. The zero-order valence-corrected chi connectivity index (χ0v) is 13.1. The van der Waals surface area contributed by atoms with Gasteiger partial charge in [-0.3, -0.25) is 4.79 Å². The number of aryl methyl sites for hydroxylation is 1. The highest BCUT2D eigenvalue weighted by Gasteiger charge is 2.06. The Morgan fingerprint density at radius 3 is 2.57 bits per heavy atom. The first-order valence-electron chi connectivity index (χ1n) is 6.46.